The molecule has 0 spiro atoms. The van der Waals surface area contributed by atoms with Crippen LogP contribution in [0.2, 0.25) is 0 Å². The van der Waals surface area contributed by atoms with Crippen LogP contribution in [0.1, 0.15) is 45.2 Å². The van der Waals surface area contributed by atoms with Crippen molar-refractivity contribution in [3.05, 3.63) is 35.4 Å². The van der Waals surface area contributed by atoms with Gasteiger partial charge in [-0.15, -0.1) is 0 Å². The Labute approximate surface area is 125 Å². The quantitative estimate of drug-likeness (QED) is 0.895. The molecule has 0 unspecified atom stereocenters. The van der Waals surface area contributed by atoms with Crippen LogP contribution in [0.25, 0.3) is 0 Å². The standard InChI is InChI=1S/C17H23NO3/c1-11-6-8-12(9-7-11)17(10-15(17,2)3)13(19)18-16(4,5)14(20)21/h6-9H,10H2,1-5H3,(H,18,19)(H,20,21)/t17-/m0/s1. The Kier molecular flexibility index (Phi) is 3.39. The Hall–Kier alpha value is -1.84. The van der Waals surface area contributed by atoms with Crippen molar-refractivity contribution in [1.82, 2.24) is 5.32 Å². The third kappa shape index (κ3) is 2.43. The van der Waals surface area contributed by atoms with Gasteiger partial charge in [0, 0.05) is 0 Å². The summed E-state index contributed by atoms with van der Waals surface area (Å²) < 4.78 is 0. The van der Waals surface area contributed by atoms with Crippen molar-refractivity contribution in [3.63, 3.8) is 0 Å². The first-order valence-corrected chi connectivity index (χ1v) is 7.16. The van der Waals surface area contributed by atoms with Crippen molar-refractivity contribution in [2.24, 2.45) is 5.41 Å². The van der Waals surface area contributed by atoms with E-state index in [1.54, 1.807) is 0 Å². The van der Waals surface area contributed by atoms with E-state index in [1.165, 1.54) is 13.8 Å². The molecule has 1 fully saturated rings. The van der Waals surface area contributed by atoms with E-state index in [1.807, 2.05) is 45.0 Å². The van der Waals surface area contributed by atoms with E-state index in [9.17, 15) is 14.7 Å². The van der Waals surface area contributed by atoms with Crippen molar-refractivity contribution in [1.29, 1.82) is 0 Å². The van der Waals surface area contributed by atoms with Gasteiger partial charge in [-0.1, -0.05) is 43.7 Å². The van der Waals surface area contributed by atoms with Gasteiger partial charge in [0.05, 0.1) is 5.41 Å². The molecule has 0 heterocycles. The van der Waals surface area contributed by atoms with Gasteiger partial charge in [-0.3, -0.25) is 4.79 Å². The van der Waals surface area contributed by atoms with Crippen LogP contribution in [0.5, 0.6) is 0 Å². The van der Waals surface area contributed by atoms with E-state index in [-0.39, 0.29) is 11.3 Å². The Balaban J connectivity index is 2.35. The van der Waals surface area contributed by atoms with Crippen LogP contribution in [0.4, 0.5) is 0 Å². The lowest BCUT2D eigenvalue weighted by atomic mass is 9.85. The molecule has 1 amide bonds. The molecule has 0 aromatic heterocycles. The van der Waals surface area contributed by atoms with Crippen LogP contribution in [0.3, 0.4) is 0 Å². The van der Waals surface area contributed by atoms with Gasteiger partial charge in [-0.05, 0) is 38.2 Å². The molecule has 1 atom stereocenters. The number of nitrogens with one attached hydrogen (secondary N) is 1. The summed E-state index contributed by atoms with van der Waals surface area (Å²) in [6, 6.07) is 7.91. The van der Waals surface area contributed by atoms with Crippen LogP contribution >= 0.6 is 0 Å². The second-order valence-electron chi connectivity index (χ2n) is 7.22. The first-order chi connectivity index (χ1) is 9.53. The van der Waals surface area contributed by atoms with Crippen LogP contribution < -0.4 is 5.32 Å². The summed E-state index contributed by atoms with van der Waals surface area (Å²) >= 11 is 0. The summed E-state index contributed by atoms with van der Waals surface area (Å²) in [5.74, 6) is -1.24. The fourth-order valence-corrected chi connectivity index (χ4v) is 2.91. The van der Waals surface area contributed by atoms with E-state index in [0.717, 1.165) is 17.5 Å². The number of amides is 1. The van der Waals surface area contributed by atoms with Crippen LogP contribution in [-0.2, 0) is 15.0 Å². The number of aliphatic carboxylic acids is 1. The Morgan fingerprint density at radius 1 is 1.19 bits per heavy atom. The maximum absolute atomic E-state index is 12.8. The van der Waals surface area contributed by atoms with Gasteiger partial charge in [0.25, 0.3) is 0 Å². The molecule has 0 aliphatic heterocycles. The lowest BCUT2D eigenvalue weighted by Gasteiger charge is -2.27. The summed E-state index contributed by atoms with van der Waals surface area (Å²) in [5, 5.41) is 11.9. The lowest BCUT2D eigenvalue weighted by molar-refractivity contribution is -0.146. The number of rotatable bonds is 4. The zero-order chi connectivity index (χ0) is 16.1. The Morgan fingerprint density at radius 2 is 1.67 bits per heavy atom. The van der Waals surface area contributed by atoms with Crippen LogP contribution in [0, 0.1) is 12.3 Å². The van der Waals surface area contributed by atoms with Crippen molar-refractivity contribution in [2.75, 3.05) is 0 Å². The highest BCUT2D eigenvalue weighted by atomic mass is 16.4. The SMILES string of the molecule is Cc1ccc([C@]2(C(=O)NC(C)(C)C(=O)O)CC2(C)C)cc1. The number of hydrogen-bond donors (Lipinski definition) is 2. The minimum atomic E-state index is -1.27. The molecular formula is C17H23NO3. The molecule has 4 nitrogen and oxygen atoms in total. The number of benzene rings is 1. The molecule has 1 aliphatic carbocycles. The molecule has 114 valence electrons. The predicted molar refractivity (Wildman–Crippen MR) is 81.1 cm³/mol. The molecule has 0 bridgehead atoms. The molecule has 1 aliphatic rings. The summed E-state index contributed by atoms with van der Waals surface area (Å²) in [4.78, 5) is 24.0. The summed E-state index contributed by atoms with van der Waals surface area (Å²) in [5.41, 5.74) is 0.0253. The molecule has 2 N–H and O–H groups in total. The fourth-order valence-electron chi connectivity index (χ4n) is 2.91. The van der Waals surface area contributed by atoms with Gasteiger partial charge in [-0.2, -0.15) is 0 Å². The first-order valence-electron chi connectivity index (χ1n) is 7.16. The molecule has 1 aromatic rings. The van der Waals surface area contributed by atoms with Crippen molar-refractivity contribution in [3.8, 4) is 0 Å². The van der Waals surface area contributed by atoms with Gasteiger partial charge in [0.15, 0.2) is 0 Å². The van der Waals surface area contributed by atoms with Crippen LogP contribution in [-0.4, -0.2) is 22.5 Å². The van der Waals surface area contributed by atoms with Crippen LogP contribution in [0.15, 0.2) is 24.3 Å². The minimum Gasteiger partial charge on any atom is -0.480 e. The Bertz CT molecular complexity index is 587. The zero-order valence-corrected chi connectivity index (χ0v) is 13.3. The van der Waals surface area contributed by atoms with Gasteiger partial charge in [0.2, 0.25) is 5.91 Å². The molecule has 4 heteroatoms. The second-order valence-corrected chi connectivity index (χ2v) is 7.22. The monoisotopic (exact) mass is 289 g/mol. The Morgan fingerprint density at radius 3 is 2.05 bits per heavy atom. The summed E-state index contributed by atoms with van der Waals surface area (Å²) in [6.07, 6.45) is 0.727. The number of carbonyl (C=O) groups is 2. The first kappa shape index (κ1) is 15.5. The predicted octanol–water partition coefficient (Wildman–Crippen LogP) is 2.64. The molecule has 2 rings (SSSR count). The second kappa shape index (κ2) is 4.58. The highest BCUT2D eigenvalue weighted by Gasteiger charge is 2.67. The summed E-state index contributed by atoms with van der Waals surface area (Å²) in [6.45, 7) is 9.10. The number of aryl methyl sites for hydroxylation is 1. The average molecular weight is 289 g/mol. The highest BCUT2D eigenvalue weighted by molar-refractivity contribution is 5.96. The van der Waals surface area contributed by atoms with Crippen molar-refractivity contribution < 1.29 is 14.7 Å². The third-order valence-corrected chi connectivity index (χ3v) is 4.63. The number of carbonyl (C=O) groups excluding carboxylic acids is 1. The van der Waals surface area contributed by atoms with Crippen molar-refractivity contribution >= 4 is 11.9 Å². The van der Waals surface area contributed by atoms with Gasteiger partial charge in [-0.25, -0.2) is 4.79 Å². The van der Waals surface area contributed by atoms with Gasteiger partial charge < -0.3 is 10.4 Å². The molecule has 0 radical (unpaired) electrons. The van der Waals surface area contributed by atoms with Gasteiger partial charge >= 0.3 is 5.97 Å². The minimum absolute atomic E-state index is 0.166. The largest absolute Gasteiger partial charge is 0.480 e. The van der Waals surface area contributed by atoms with Gasteiger partial charge in [0.1, 0.15) is 5.54 Å². The number of carboxylic acids is 1. The topological polar surface area (TPSA) is 66.4 Å². The maximum Gasteiger partial charge on any atom is 0.328 e. The third-order valence-electron chi connectivity index (χ3n) is 4.63. The average Bonchev–Trinajstić information content (AvgIpc) is 2.94. The number of carboxylic acid groups (broad SMARTS) is 1. The van der Waals surface area contributed by atoms with E-state index in [0.29, 0.717) is 0 Å². The van der Waals surface area contributed by atoms with E-state index in [2.05, 4.69) is 5.32 Å². The fraction of sp³-hybridized carbons (Fsp3) is 0.529. The molecule has 0 saturated heterocycles. The maximum atomic E-state index is 12.8. The van der Waals surface area contributed by atoms with E-state index >= 15 is 0 Å². The molecule has 21 heavy (non-hydrogen) atoms. The lowest BCUT2D eigenvalue weighted by Crippen LogP contribution is -2.53. The normalized spacial score (nSPS) is 23.5. The van der Waals surface area contributed by atoms with E-state index < -0.39 is 16.9 Å². The molecule has 1 aromatic carbocycles. The zero-order valence-electron chi connectivity index (χ0n) is 13.3. The smallest absolute Gasteiger partial charge is 0.328 e. The highest BCUT2D eigenvalue weighted by Crippen LogP contribution is 2.64. The number of hydrogen-bond acceptors (Lipinski definition) is 2. The molecule has 1 saturated carbocycles. The van der Waals surface area contributed by atoms with E-state index in [4.69, 9.17) is 0 Å². The molecular weight excluding hydrogens is 266 g/mol. The van der Waals surface area contributed by atoms with Crippen molar-refractivity contribution in [2.45, 2.75) is 52.0 Å². The summed E-state index contributed by atoms with van der Waals surface area (Å²) in [7, 11) is 0.